The van der Waals surface area contributed by atoms with E-state index in [4.69, 9.17) is 0 Å². The quantitative estimate of drug-likeness (QED) is 0.899. The summed E-state index contributed by atoms with van der Waals surface area (Å²) in [6, 6.07) is 3.79. The van der Waals surface area contributed by atoms with Crippen LogP contribution in [0.2, 0.25) is 0 Å². The van der Waals surface area contributed by atoms with E-state index in [1.54, 1.807) is 0 Å². The third-order valence-corrected chi connectivity index (χ3v) is 4.12. The molecule has 0 radical (unpaired) electrons. The number of nitrogens with one attached hydrogen (secondary N) is 1. The molecule has 1 aromatic carbocycles. The highest BCUT2D eigenvalue weighted by Crippen LogP contribution is 2.27. The summed E-state index contributed by atoms with van der Waals surface area (Å²) >= 11 is 0. The number of fused-ring (bicyclic) bond motifs is 1. The van der Waals surface area contributed by atoms with Gasteiger partial charge in [0, 0.05) is 19.2 Å². The van der Waals surface area contributed by atoms with Gasteiger partial charge in [0.1, 0.15) is 11.6 Å². The minimum absolute atomic E-state index is 0. The van der Waals surface area contributed by atoms with Crippen molar-refractivity contribution in [1.29, 1.82) is 0 Å². The second-order valence-electron chi connectivity index (χ2n) is 5.48. The highest BCUT2D eigenvalue weighted by molar-refractivity contribution is 5.85. The standard InChI is InChI=1S/C14H18F2N2.ClH/c15-13-3-10(4-14(16)5-13)8-18-2-1-11-6-17-7-12(11)9-18;/h3-5,11-12,17H,1-2,6-9H2;1H. The van der Waals surface area contributed by atoms with Crippen molar-refractivity contribution in [3.8, 4) is 0 Å². The topological polar surface area (TPSA) is 15.3 Å². The predicted molar refractivity (Wildman–Crippen MR) is 73.3 cm³/mol. The fraction of sp³-hybridized carbons (Fsp3) is 0.571. The third kappa shape index (κ3) is 3.44. The lowest BCUT2D eigenvalue weighted by Crippen LogP contribution is -2.39. The second kappa shape index (κ2) is 6.16. The van der Waals surface area contributed by atoms with Crippen molar-refractivity contribution < 1.29 is 8.78 Å². The summed E-state index contributed by atoms with van der Waals surface area (Å²) in [5.41, 5.74) is 0.733. The van der Waals surface area contributed by atoms with Crippen molar-refractivity contribution in [3.63, 3.8) is 0 Å². The van der Waals surface area contributed by atoms with Crippen molar-refractivity contribution in [1.82, 2.24) is 10.2 Å². The fourth-order valence-corrected chi connectivity index (χ4v) is 3.21. The van der Waals surface area contributed by atoms with Gasteiger partial charge in [-0.05, 0) is 55.6 Å². The highest BCUT2D eigenvalue weighted by Gasteiger charge is 2.32. The van der Waals surface area contributed by atoms with Crippen molar-refractivity contribution in [2.75, 3.05) is 26.2 Å². The first-order valence-electron chi connectivity index (χ1n) is 6.59. The zero-order valence-corrected chi connectivity index (χ0v) is 11.6. The van der Waals surface area contributed by atoms with Crippen LogP contribution in [0.3, 0.4) is 0 Å². The molecule has 2 aliphatic heterocycles. The molecule has 2 aliphatic rings. The summed E-state index contributed by atoms with van der Waals surface area (Å²) in [7, 11) is 0. The lowest BCUT2D eigenvalue weighted by molar-refractivity contribution is 0.142. The van der Waals surface area contributed by atoms with Crippen LogP contribution in [-0.4, -0.2) is 31.1 Å². The van der Waals surface area contributed by atoms with Crippen molar-refractivity contribution in [3.05, 3.63) is 35.4 Å². The maximum atomic E-state index is 13.1. The summed E-state index contributed by atoms with van der Waals surface area (Å²) < 4.78 is 26.3. The molecule has 2 atom stereocenters. The molecule has 2 nitrogen and oxygen atoms in total. The Labute approximate surface area is 118 Å². The number of nitrogens with zero attached hydrogens (tertiary/aromatic N) is 1. The maximum absolute atomic E-state index is 13.1. The molecule has 0 aromatic heterocycles. The van der Waals surface area contributed by atoms with E-state index in [0.29, 0.717) is 12.5 Å². The molecule has 2 fully saturated rings. The third-order valence-electron chi connectivity index (χ3n) is 4.12. The van der Waals surface area contributed by atoms with Crippen LogP contribution in [0.15, 0.2) is 18.2 Å². The van der Waals surface area contributed by atoms with Crippen LogP contribution in [-0.2, 0) is 6.54 Å². The lowest BCUT2D eigenvalue weighted by Gasteiger charge is -2.34. The Balaban J connectivity index is 0.00000133. The minimum atomic E-state index is -0.484. The first kappa shape index (κ1) is 14.7. The Bertz CT molecular complexity index is 421. The molecule has 2 unspecified atom stereocenters. The number of piperidine rings is 1. The van der Waals surface area contributed by atoms with Gasteiger partial charge in [-0.1, -0.05) is 0 Å². The number of hydrogen-bond acceptors (Lipinski definition) is 2. The molecule has 3 rings (SSSR count). The van der Waals surface area contributed by atoms with Crippen LogP contribution in [0.1, 0.15) is 12.0 Å². The SMILES string of the molecule is Cl.Fc1cc(F)cc(CN2CCC3CNCC3C2)c1. The lowest BCUT2D eigenvalue weighted by atomic mass is 9.88. The monoisotopic (exact) mass is 288 g/mol. The Morgan fingerprint density at radius 3 is 2.53 bits per heavy atom. The number of halogens is 3. The average Bonchev–Trinajstić information content (AvgIpc) is 2.74. The molecule has 0 saturated carbocycles. The Hall–Kier alpha value is -0.710. The van der Waals surface area contributed by atoms with Crippen LogP contribution in [0.25, 0.3) is 0 Å². The number of hydrogen-bond donors (Lipinski definition) is 1. The fourth-order valence-electron chi connectivity index (χ4n) is 3.21. The summed E-state index contributed by atoms with van der Waals surface area (Å²) in [6.45, 7) is 4.93. The minimum Gasteiger partial charge on any atom is -0.316 e. The Kier molecular flexibility index (Phi) is 4.76. The zero-order valence-electron chi connectivity index (χ0n) is 10.7. The van der Waals surface area contributed by atoms with Gasteiger partial charge in [0.2, 0.25) is 0 Å². The van der Waals surface area contributed by atoms with Crippen molar-refractivity contribution in [2.24, 2.45) is 11.8 Å². The van der Waals surface area contributed by atoms with Crippen molar-refractivity contribution in [2.45, 2.75) is 13.0 Å². The molecule has 0 spiro atoms. The van der Waals surface area contributed by atoms with E-state index in [9.17, 15) is 8.78 Å². The molecule has 0 amide bonds. The largest absolute Gasteiger partial charge is 0.316 e. The van der Waals surface area contributed by atoms with Gasteiger partial charge in [-0.15, -0.1) is 12.4 Å². The average molecular weight is 289 g/mol. The molecule has 1 N–H and O–H groups in total. The first-order chi connectivity index (χ1) is 8.70. The molecule has 106 valence electrons. The van der Waals surface area contributed by atoms with Crippen LogP contribution in [0.5, 0.6) is 0 Å². The Morgan fingerprint density at radius 2 is 1.79 bits per heavy atom. The summed E-state index contributed by atoms with van der Waals surface area (Å²) in [5.74, 6) is 0.535. The first-order valence-corrected chi connectivity index (χ1v) is 6.59. The molecule has 1 aromatic rings. The molecule has 2 saturated heterocycles. The molecular formula is C14H19ClF2N2. The van der Waals surface area contributed by atoms with Crippen LogP contribution in [0.4, 0.5) is 8.78 Å². The van der Waals surface area contributed by atoms with E-state index in [1.807, 2.05) is 0 Å². The molecule has 2 heterocycles. The number of benzene rings is 1. The van der Waals surface area contributed by atoms with Crippen LogP contribution in [0, 0.1) is 23.5 Å². The highest BCUT2D eigenvalue weighted by atomic mass is 35.5. The van der Waals surface area contributed by atoms with Gasteiger partial charge in [0.25, 0.3) is 0 Å². The molecule has 5 heteroatoms. The molecule has 0 aliphatic carbocycles. The van der Waals surface area contributed by atoms with E-state index in [-0.39, 0.29) is 12.4 Å². The van der Waals surface area contributed by atoms with Crippen LogP contribution < -0.4 is 5.32 Å². The predicted octanol–water partition coefficient (Wildman–Crippen LogP) is 2.43. The van der Waals surface area contributed by atoms with Gasteiger partial charge in [-0.3, -0.25) is 4.90 Å². The van der Waals surface area contributed by atoms with Gasteiger partial charge in [0.05, 0.1) is 0 Å². The summed E-state index contributed by atoms with van der Waals surface area (Å²) in [6.07, 6.45) is 1.19. The van der Waals surface area contributed by atoms with Gasteiger partial charge in [-0.2, -0.15) is 0 Å². The zero-order chi connectivity index (χ0) is 12.5. The molecule has 19 heavy (non-hydrogen) atoms. The van der Waals surface area contributed by atoms with E-state index < -0.39 is 11.6 Å². The van der Waals surface area contributed by atoms with Gasteiger partial charge in [0.15, 0.2) is 0 Å². The van der Waals surface area contributed by atoms with E-state index in [0.717, 1.165) is 43.7 Å². The summed E-state index contributed by atoms with van der Waals surface area (Å²) in [5, 5.41) is 3.42. The second-order valence-corrected chi connectivity index (χ2v) is 5.48. The van der Waals surface area contributed by atoms with E-state index in [1.165, 1.54) is 18.6 Å². The normalized spacial score (nSPS) is 26.8. The number of rotatable bonds is 2. The van der Waals surface area contributed by atoms with E-state index >= 15 is 0 Å². The molecule has 0 bridgehead atoms. The van der Waals surface area contributed by atoms with Gasteiger partial charge in [-0.25, -0.2) is 8.78 Å². The summed E-state index contributed by atoms with van der Waals surface area (Å²) in [4.78, 5) is 2.31. The van der Waals surface area contributed by atoms with Crippen LogP contribution >= 0.6 is 12.4 Å². The van der Waals surface area contributed by atoms with Crippen molar-refractivity contribution >= 4 is 12.4 Å². The Morgan fingerprint density at radius 1 is 1.11 bits per heavy atom. The van der Waals surface area contributed by atoms with Gasteiger partial charge >= 0.3 is 0 Å². The number of likely N-dealkylation sites (tertiary alicyclic amines) is 1. The van der Waals surface area contributed by atoms with E-state index in [2.05, 4.69) is 10.2 Å². The maximum Gasteiger partial charge on any atom is 0.126 e. The smallest absolute Gasteiger partial charge is 0.126 e. The van der Waals surface area contributed by atoms with Gasteiger partial charge < -0.3 is 5.32 Å². The molecular weight excluding hydrogens is 270 g/mol.